The van der Waals surface area contributed by atoms with Gasteiger partial charge in [-0.1, -0.05) is 25.2 Å². The van der Waals surface area contributed by atoms with Crippen LogP contribution < -0.4 is 5.32 Å². The van der Waals surface area contributed by atoms with Crippen LogP contribution in [0.5, 0.6) is 0 Å². The molecule has 1 aliphatic heterocycles. The molecule has 2 aromatic rings. The molecule has 1 aliphatic rings. The Balaban J connectivity index is 1.66. The fraction of sp³-hybridized carbons (Fsp3) is 0.500. The van der Waals surface area contributed by atoms with Crippen LogP contribution in [0.4, 0.5) is 9.52 Å². The number of sulfonamides is 1. The molecule has 1 aromatic carbocycles. The third kappa shape index (κ3) is 4.92. The van der Waals surface area contributed by atoms with Gasteiger partial charge in [-0.05, 0) is 43.0 Å². The summed E-state index contributed by atoms with van der Waals surface area (Å²) in [5.41, 5.74) is 0. The molecule has 1 atom stereocenters. The molecule has 1 saturated heterocycles. The maximum atomic E-state index is 13.1. The van der Waals surface area contributed by atoms with Gasteiger partial charge in [0.2, 0.25) is 21.1 Å². The van der Waals surface area contributed by atoms with Crippen molar-refractivity contribution in [1.29, 1.82) is 0 Å². The van der Waals surface area contributed by atoms with Crippen LogP contribution in [-0.2, 0) is 21.2 Å². The van der Waals surface area contributed by atoms with Crippen molar-refractivity contribution in [2.75, 3.05) is 18.4 Å². The first-order valence-electron chi connectivity index (χ1n) is 9.14. The van der Waals surface area contributed by atoms with Gasteiger partial charge < -0.3 is 5.32 Å². The van der Waals surface area contributed by atoms with Crippen LogP contribution in [0.3, 0.4) is 0 Å². The monoisotopic (exact) mass is 426 g/mol. The second-order valence-electron chi connectivity index (χ2n) is 7.24. The summed E-state index contributed by atoms with van der Waals surface area (Å²) in [5, 5.41) is 12.1. The molecule has 10 heteroatoms. The van der Waals surface area contributed by atoms with Gasteiger partial charge in [-0.3, -0.25) is 4.79 Å². The SMILES string of the molecule is CC(C)Cc1nnc(NC(=O)C2CCCN(S(=O)(=O)c3ccc(F)cc3)C2)s1. The minimum Gasteiger partial charge on any atom is -0.300 e. The zero-order valence-corrected chi connectivity index (χ0v) is 17.4. The third-order valence-corrected chi connectivity index (χ3v) is 7.23. The number of halogens is 1. The standard InChI is InChI=1S/C18H23FN4O3S2/c1-12(2)10-16-21-22-18(27-16)20-17(24)13-4-3-9-23(11-13)28(25,26)15-7-5-14(19)6-8-15/h5-8,12-13H,3-4,9-11H2,1-2H3,(H,20,22,24). The van der Waals surface area contributed by atoms with Crippen molar-refractivity contribution in [3.63, 3.8) is 0 Å². The molecule has 2 heterocycles. The lowest BCUT2D eigenvalue weighted by atomic mass is 9.99. The van der Waals surface area contributed by atoms with E-state index in [0.29, 0.717) is 30.4 Å². The molecule has 0 bridgehead atoms. The molecule has 1 N–H and O–H groups in total. The Hall–Kier alpha value is -1.91. The highest BCUT2D eigenvalue weighted by Gasteiger charge is 2.33. The van der Waals surface area contributed by atoms with Crippen molar-refractivity contribution in [2.45, 2.75) is 38.0 Å². The molecule has 0 radical (unpaired) electrons. The highest BCUT2D eigenvalue weighted by Crippen LogP contribution is 2.26. The van der Waals surface area contributed by atoms with Crippen molar-refractivity contribution in [3.8, 4) is 0 Å². The molecule has 1 amide bonds. The first kappa shape index (κ1) is 20.8. The molecule has 1 unspecified atom stereocenters. The summed E-state index contributed by atoms with van der Waals surface area (Å²) in [6.45, 7) is 4.58. The molecule has 152 valence electrons. The normalized spacial score (nSPS) is 18.4. The summed E-state index contributed by atoms with van der Waals surface area (Å²) in [5.74, 6) is -0.781. The van der Waals surface area contributed by atoms with Gasteiger partial charge in [-0.15, -0.1) is 10.2 Å². The maximum absolute atomic E-state index is 13.1. The Morgan fingerprint density at radius 2 is 2.04 bits per heavy atom. The minimum atomic E-state index is -3.77. The van der Waals surface area contributed by atoms with E-state index in [1.165, 1.54) is 27.8 Å². The number of nitrogens with one attached hydrogen (secondary N) is 1. The number of benzene rings is 1. The van der Waals surface area contributed by atoms with E-state index in [9.17, 15) is 17.6 Å². The van der Waals surface area contributed by atoms with Crippen molar-refractivity contribution in [2.24, 2.45) is 11.8 Å². The fourth-order valence-electron chi connectivity index (χ4n) is 3.07. The van der Waals surface area contributed by atoms with Crippen LogP contribution in [0.1, 0.15) is 31.7 Å². The minimum absolute atomic E-state index is 0.0254. The lowest BCUT2D eigenvalue weighted by molar-refractivity contribution is -0.120. The molecule has 7 nitrogen and oxygen atoms in total. The van der Waals surface area contributed by atoms with Gasteiger partial charge in [0.15, 0.2) is 0 Å². The first-order valence-corrected chi connectivity index (χ1v) is 11.4. The van der Waals surface area contributed by atoms with E-state index in [-0.39, 0.29) is 17.3 Å². The highest BCUT2D eigenvalue weighted by molar-refractivity contribution is 7.89. The van der Waals surface area contributed by atoms with Gasteiger partial charge in [0.1, 0.15) is 10.8 Å². The third-order valence-electron chi connectivity index (χ3n) is 4.49. The number of carbonyl (C=O) groups is 1. The highest BCUT2D eigenvalue weighted by atomic mass is 32.2. The molecule has 28 heavy (non-hydrogen) atoms. The van der Waals surface area contributed by atoms with E-state index in [1.54, 1.807) is 0 Å². The van der Waals surface area contributed by atoms with Gasteiger partial charge in [0.05, 0.1) is 10.8 Å². The number of rotatable bonds is 6. The number of carbonyl (C=O) groups excluding carboxylic acids is 1. The quantitative estimate of drug-likeness (QED) is 0.767. The maximum Gasteiger partial charge on any atom is 0.243 e. The van der Waals surface area contributed by atoms with Crippen molar-refractivity contribution in [1.82, 2.24) is 14.5 Å². The van der Waals surface area contributed by atoms with Crippen LogP contribution in [0.15, 0.2) is 29.2 Å². The zero-order valence-electron chi connectivity index (χ0n) is 15.8. The lowest BCUT2D eigenvalue weighted by Gasteiger charge is -2.31. The number of piperidine rings is 1. The zero-order chi connectivity index (χ0) is 20.3. The van der Waals surface area contributed by atoms with Gasteiger partial charge in [-0.25, -0.2) is 12.8 Å². The van der Waals surface area contributed by atoms with E-state index < -0.39 is 21.8 Å². The second-order valence-corrected chi connectivity index (χ2v) is 10.2. The summed E-state index contributed by atoms with van der Waals surface area (Å²) in [6.07, 6.45) is 1.97. The largest absolute Gasteiger partial charge is 0.300 e. The average molecular weight is 427 g/mol. The molecule has 3 rings (SSSR count). The first-order chi connectivity index (χ1) is 13.3. The molecule has 0 spiro atoms. The summed E-state index contributed by atoms with van der Waals surface area (Å²) >= 11 is 1.34. The second kappa shape index (κ2) is 8.62. The van der Waals surface area contributed by atoms with E-state index in [1.807, 2.05) is 0 Å². The lowest BCUT2D eigenvalue weighted by Crippen LogP contribution is -2.43. The molecule has 1 fully saturated rings. The number of nitrogens with zero attached hydrogens (tertiary/aromatic N) is 3. The Bertz CT molecular complexity index is 929. The summed E-state index contributed by atoms with van der Waals surface area (Å²) in [6, 6.07) is 4.72. The van der Waals surface area contributed by atoms with E-state index in [2.05, 4.69) is 29.4 Å². The van der Waals surface area contributed by atoms with Gasteiger partial charge in [0, 0.05) is 19.5 Å². The number of hydrogen-bond acceptors (Lipinski definition) is 6. The van der Waals surface area contributed by atoms with Crippen LogP contribution in [0.2, 0.25) is 0 Å². The van der Waals surface area contributed by atoms with Crippen LogP contribution in [-0.4, -0.2) is 41.9 Å². The van der Waals surface area contributed by atoms with E-state index in [0.717, 1.165) is 23.6 Å². The van der Waals surface area contributed by atoms with Crippen LogP contribution in [0, 0.1) is 17.7 Å². The average Bonchev–Trinajstić information content (AvgIpc) is 3.08. The number of hydrogen-bond donors (Lipinski definition) is 1. The Kier molecular flexibility index (Phi) is 6.41. The Morgan fingerprint density at radius 1 is 1.32 bits per heavy atom. The van der Waals surface area contributed by atoms with E-state index in [4.69, 9.17) is 0 Å². The Labute approximate surface area is 168 Å². The predicted octanol–water partition coefficient (Wildman–Crippen LogP) is 2.92. The van der Waals surface area contributed by atoms with E-state index >= 15 is 0 Å². The van der Waals surface area contributed by atoms with Crippen LogP contribution in [0.25, 0.3) is 0 Å². The van der Waals surface area contributed by atoms with Crippen molar-refractivity contribution in [3.05, 3.63) is 35.1 Å². The van der Waals surface area contributed by atoms with Gasteiger partial charge in [-0.2, -0.15) is 4.31 Å². The summed E-state index contributed by atoms with van der Waals surface area (Å²) < 4.78 is 39.9. The molecule has 0 aliphatic carbocycles. The van der Waals surface area contributed by atoms with Gasteiger partial charge in [0.25, 0.3) is 0 Å². The molecular weight excluding hydrogens is 403 g/mol. The fourth-order valence-corrected chi connectivity index (χ4v) is 5.55. The Morgan fingerprint density at radius 3 is 2.71 bits per heavy atom. The molecule has 0 saturated carbocycles. The number of anilines is 1. The number of amides is 1. The summed E-state index contributed by atoms with van der Waals surface area (Å²) in [4.78, 5) is 12.6. The summed E-state index contributed by atoms with van der Waals surface area (Å²) in [7, 11) is -3.77. The molecule has 1 aromatic heterocycles. The van der Waals surface area contributed by atoms with Crippen molar-refractivity contribution < 1.29 is 17.6 Å². The number of aromatic nitrogens is 2. The van der Waals surface area contributed by atoms with Crippen molar-refractivity contribution >= 4 is 32.4 Å². The topological polar surface area (TPSA) is 92.3 Å². The smallest absolute Gasteiger partial charge is 0.243 e. The predicted molar refractivity (Wildman–Crippen MR) is 105 cm³/mol. The van der Waals surface area contributed by atoms with Crippen LogP contribution >= 0.6 is 11.3 Å². The molecular formula is C18H23FN4O3S2. The van der Waals surface area contributed by atoms with Gasteiger partial charge >= 0.3 is 0 Å².